The number of aliphatic carboxylic acids is 1. The van der Waals surface area contributed by atoms with E-state index in [1.807, 2.05) is 18.2 Å². The molecule has 0 saturated carbocycles. The quantitative estimate of drug-likeness (QED) is 0.633. The van der Waals surface area contributed by atoms with Gasteiger partial charge in [-0.15, -0.1) is 0 Å². The molecule has 22 heavy (non-hydrogen) atoms. The van der Waals surface area contributed by atoms with Crippen molar-refractivity contribution in [1.82, 2.24) is 0 Å². The SMILES string of the molecule is CC(=CC(=O)O)/C=C/C=C(C)c1ccc2c(c1)C(C)(C)CC2. The fraction of sp³-hybridized carbons (Fsp3) is 0.350. The molecule has 0 spiro atoms. The number of benzene rings is 1. The number of fused-ring (bicyclic) bond motifs is 1. The highest BCUT2D eigenvalue weighted by atomic mass is 16.4. The molecule has 1 aromatic carbocycles. The van der Waals surface area contributed by atoms with E-state index >= 15 is 0 Å². The maximum atomic E-state index is 10.6. The highest BCUT2D eigenvalue weighted by Crippen LogP contribution is 2.39. The lowest BCUT2D eigenvalue weighted by molar-refractivity contribution is -0.131. The number of allylic oxidation sites excluding steroid dienone is 5. The van der Waals surface area contributed by atoms with Gasteiger partial charge >= 0.3 is 5.97 Å². The van der Waals surface area contributed by atoms with Crippen molar-refractivity contribution in [2.45, 2.75) is 46.0 Å². The minimum absolute atomic E-state index is 0.266. The summed E-state index contributed by atoms with van der Waals surface area (Å²) in [5.41, 5.74) is 6.35. The molecule has 0 saturated heterocycles. The summed E-state index contributed by atoms with van der Waals surface area (Å²) in [4.78, 5) is 10.6. The van der Waals surface area contributed by atoms with Gasteiger partial charge in [-0.1, -0.05) is 50.3 Å². The Balaban J connectivity index is 2.20. The molecule has 1 N–H and O–H groups in total. The zero-order valence-electron chi connectivity index (χ0n) is 13.8. The average molecular weight is 296 g/mol. The summed E-state index contributed by atoms with van der Waals surface area (Å²) in [5.74, 6) is -0.913. The van der Waals surface area contributed by atoms with E-state index in [1.165, 1.54) is 41.2 Å². The Morgan fingerprint density at radius 1 is 1.27 bits per heavy atom. The van der Waals surface area contributed by atoms with E-state index in [0.29, 0.717) is 0 Å². The third-order valence-electron chi connectivity index (χ3n) is 4.37. The van der Waals surface area contributed by atoms with Crippen LogP contribution >= 0.6 is 0 Å². The Morgan fingerprint density at radius 2 is 2.00 bits per heavy atom. The van der Waals surface area contributed by atoms with E-state index in [-0.39, 0.29) is 5.41 Å². The Bertz CT molecular complexity index is 673. The van der Waals surface area contributed by atoms with Crippen molar-refractivity contribution >= 4 is 11.5 Å². The Hall–Kier alpha value is -2.09. The van der Waals surface area contributed by atoms with Gasteiger partial charge in [0, 0.05) is 6.08 Å². The number of carbonyl (C=O) groups is 1. The maximum Gasteiger partial charge on any atom is 0.328 e. The minimum Gasteiger partial charge on any atom is -0.478 e. The molecule has 2 nitrogen and oxygen atoms in total. The maximum absolute atomic E-state index is 10.6. The van der Waals surface area contributed by atoms with Gasteiger partial charge in [-0.2, -0.15) is 0 Å². The van der Waals surface area contributed by atoms with Crippen LogP contribution in [-0.4, -0.2) is 11.1 Å². The molecule has 0 aliphatic heterocycles. The van der Waals surface area contributed by atoms with Crippen LogP contribution in [0.25, 0.3) is 5.57 Å². The normalized spacial score (nSPS) is 17.8. The predicted octanol–water partition coefficient (Wildman–Crippen LogP) is 4.90. The molecule has 1 aromatic rings. The van der Waals surface area contributed by atoms with Crippen molar-refractivity contribution in [2.75, 3.05) is 0 Å². The zero-order valence-corrected chi connectivity index (χ0v) is 13.8. The van der Waals surface area contributed by atoms with E-state index in [4.69, 9.17) is 5.11 Å². The molecule has 0 fully saturated rings. The van der Waals surface area contributed by atoms with Gasteiger partial charge in [0.05, 0.1) is 0 Å². The molecule has 0 unspecified atom stereocenters. The number of rotatable bonds is 4. The highest BCUT2D eigenvalue weighted by Gasteiger charge is 2.29. The molecule has 0 heterocycles. The minimum atomic E-state index is -0.913. The second-order valence-corrected chi connectivity index (χ2v) is 6.69. The second kappa shape index (κ2) is 6.35. The summed E-state index contributed by atoms with van der Waals surface area (Å²) in [6.07, 6.45) is 9.34. The van der Waals surface area contributed by atoms with Crippen LogP contribution in [0.15, 0.2) is 48.1 Å². The van der Waals surface area contributed by atoms with Crippen LogP contribution in [-0.2, 0) is 16.6 Å². The van der Waals surface area contributed by atoms with Gasteiger partial charge in [0.15, 0.2) is 0 Å². The molecule has 1 aliphatic rings. The Labute approximate surface area is 132 Å². The van der Waals surface area contributed by atoms with Gasteiger partial charge in [0.1, 0.15) is 0 Å². The van der Waals surface area contributed by atoms with Crippen LogP contribution in [0.5, 0.6) is 0 Å². The van der Waals surface area contributed by atoms with E-state index in [1.54, 1.807) is 6.92 Å². The van der Waals surface area contributed by atoms with Gasteiger partial charge < -0.3 is 5.11 Å². The fourth-order valence-electron chi connectivity index (χ4n) is 2.93. The van der Waals surface area contributed by atoms with Crippen LogP contribution in [0.2, 0.25) is 0 Å². The van der Waals surface area contributed by atoms with Gasteiger partial charge in [-0.05, 0) is 59.9 Å². The first-order chi connectivity index (χ1) is 10.3. The van der Waals surface area contributed by atoms with Crippen molar-refractivity contribution < 1.29 is 9.90 Å². The van der Waals surface area contributed by atoms with Gasteiger partial charge in [-0.25, -0.2) is 4.79 Å². The molecule has 0 radical (unpaired) electrons. The zero-order chi connectivity index (χ0) is 16.3. The number of carboxylic acid groups (broad SMARTS) is 1. The van der Waals surface area contributed by atoms with Crippen LogP contribution in [0.4, 0.5) is 0 Å². The van der Waals surface area contributed by atoms with Crippen molar-refractivity contribution in [3.05, 3.63) is 64.8 Å². The molecule has 0 aromatic heterocycles. The number of carboxylic acids is 1. The van der Waals surface area contributed by atoms with E-state index in [2.05, 4.69) is 39.0 Å². The first kappa shape index (κ1) is 16.3. The van der Waals surface area contributed by atoms with Gasteiger partial charge in [0.25, 0.3) is 0 Å². The lowest BCUT2D eigenvalue weighted by Crippen LogP contribution is -2.11. The molecule has 0 amide bonds. The standard InChI is InChI=1S/C20H24O2/c1-14(12-19(21)22)6-5-7-15(2)17-9-8-16-10-11-20(3,4)18(16)13-17/h5-9,12-13H,10-11H2,1-4H3,(H,21,22)/b6-5+,14-12?,15-7?. The van der Waals surface area contributed by atoms with E-state index in [0.717, 1.165) is 5.57 Å². The predicted molar refractivity (Wildman–Crippen MR) is 92.0 cm³/mol. The van der Waals surface area contributed by atoms with Gasteiger partial charge in [0.2, 0.25) is 0 Å². The highest BCUT2D eigenvalue weighted by molar-refractivity contribution is 5.81. The lowest BCUT2D eigenvalue weighted by atomic mass is 9.85. The van der Waals surface area contributed by atoms with Gasteiger partial charge in [-0.3, -0.25) is 0 Å². The monoisotopic (exact) mass is 296 g/mol. The van der Waals surface area contributed by atoms with Crippen LogP contribution in [0.3, 0.4) is 0 Å². The molecular formula is C20H24O2. The fourth-order valence-corrected chi connectivity index (χ4v) is 2.93. The summed E-state index contributed by atoms with van der Waals surface area (Å²) < 4.78 is 0. The molecular weight excluding hydrogens is 272 g/mol. The number of hydrogen-bond donors (Lipinski definition) is 1. The van der Waals surface area contributed by atoms with Crippen molar-refractivity contribution in [3.8, 4) is 0 Å². The summed E-state index contributed by atoms with van der Waals surface area (Å²) in [6, 6.07) is 6.73. The van der Waals surface area contributed by atoms with E-state index < -0.39 is 5.97 Å². The topological polar surface area (TPSA) is 37.3 Å². The van der Waals surface area contributed by atoms with Crippen molar-refractivity contribution in [2.24, 2.45) is 0 Å². The molecule has 2 heteroatoms. The molecule has 0 atom stereocenters. The third kappa shape index (κ3) is 3.76. The molecule has 0 bridgehead atoms. The molecule has 2 rings (SSSR count). The van der Waals surface area contributed by atoms with Crippen LogP contribution < -0.4 is 0 Å². The molecule has 116 valence electrons. The number of aryl methyl sites for hydroxylation is 1. The lowest BCUT2D eigenvalue weighted by Gasteiger charge is -2.19. The van der Waals surface area contributed by atoms with Crippen LogP contribution in [0.1, 0.15) is 50.8 Å². The Morgan fingerprint density at radius 3 is 2.68 bits per heavy atom. The largest absolute Gasteiger partial charge is 0.478 e. The summed E-state index contributed by atoms with van der Waals surface area (Å²) in [5, 5.41) is 8.68. The summed E-state index contributed by atoms with van der Waals surface area (Å²) >= 11 is 0. The second-order valence-electron chi connectivity index (χ2n) is 6.69. The van der Waals surface area contributed by atoms with Crippen LogP contribution in [0, 0.1) is 0 Å². The first-order valence-corrected chi connectivity index (χ1v) is 7.69. The summed E-state index contributed by atoms with van der Waals surface area (Å²) in [7, 11) is 0. The number of hydrogen-bond acceptors (Lipinski definition) is 1. The third-order valence-corrected chi connectivity index (χ3v) is 4.37. The summed E-state index contributed by atoms with van der Waals surface area (Å²) in [6.45, 7) is 8.49. The first-order valence-electron chi connectivity index (χ1n) is 7.69. The Kier molecular flexibility index (Phi) is 4.70. The smallest absolute Gasteiger partial charge is 0.328 e. The molecule has 1 aliphatic carbocycles. The van der Waals surface area contributed by atoms with Crippen molar-refractivity contribution in [1.29, 1.82) is 0 Å². The van der Waals surface area contributed by atoms with Crippen molar-refractivity contribution in [3.63, 3.8) is 0 Å². The average Bonchev–Trinajstić information content (AvgIpc) is 2.73. The van der Waals surface area contributed by atoms with E-state index in [9.17, 15) is 4.79 Å².